The van der Waals surface area contributed by atoms with Crippen LogP contribution in [-0.4, -0.2) is 49.7 Å². The van der Waals surface area contributed by atoms with Crippen molar-refractivity contribution < 1.29 is 23.8 Å². The molecule has 0 fully saturated rings. The highest BCUT2D eigenvalue weighted by atomic mass is 16.6. The van der Waals surface area contributed by atoms with Crippen molar-refractivity contribution in [2.45, 2.75) is 19.4 Å². The molecule has 0 saturated heterocycles. The lowest BCUT2D eigenvalue weighted by atomic mass is 10.2. The van der Waals surface area contributed by atoms with Crippen LogP contribution in [0.1, 0.15) is 18.9 Å². The van der Waals surface area contributed by atoms with E-state index in [-0.39, 0.29) is 12.3 Å². The summed E-state index contributed by atoms with van der Waals surface area (Å²) in [6.45, 7) is 2.80. The van der Waals surface area contributed by atoms with Gasteiger partial charge >= 0.3 is 5.97 Å². The van der Waals surface area contributed by atoms with E-state index in [4.69, 9.17) is 19.5 Å². The molecule has 0 radical (unpaired) electrons. The van der Waals surface area contributed by atoms with Crippen LogP contribution in [0.25, 0.3) is 6.08 Å². The number of ether oxygens (including phenoxy) is 3. The number of amides is 1. The normalized spacial score (nSPS) is 13.8. The maximum atomic E-state index is 12.0. The van der Waals surface area contributed by atoms with Gasteiger partial charge in [-0.2, -0.15) is 5.26 Å². The summed E-state index contributed by atoms with van der Waals surface area (Å²) in [4.78, 5) is 25.2. The molecule has 1 aromatic carbocycles. The zero-order valence-electron chi connectivity index (χ0n) is 14.2. The van der Waals surface area contributed by atoms with Crippen molar-refractivity contribution in [1.82, 2.24) is 4.90 Å². The lowest BCUT2D eigenvalue weighted by molar-refractivity contribution is -0.154. The highest BCUT2D eigenvalue weighted by Crippen LogP contribution is 2.31. The second-order valence-electron chi connectivity index (χ2n) is 5.48. The fraction of sp³-hybridized carbons (Fsp3) is 0.389. The number of nitriles is 1. The van der Waals surface area contributed by atoms with Crippen LogP contribution in [0.3, 0.4) is 0 Å². The van der Waals surface area contributed by atoms with Crippen molar-refractivity contribution in [3.05, 3.63) is 29.8 Å². The Hall–Kier alpha value is -3.01. The molecule has 1 aliphatic heterocycles. The fourth-order valence-electron chi connectivity index (χ4n) is 2.23. The molecular weight excluding hydrogens is 324 g/mol. The van der Waals surface area contributed by atoms with E-state index < -0.39 is 12.1 Å². The maximum Gasteiger partial charge on any atom is 0.331 e. The first-order valence-corrected chi connectivity index (χ1v) is 7.91. The summed E-state index contributed by atoms with van der Waals surface area (Å²) >= 11 is 0. The Balaban J connectivity index is 1.90. The molecule has 0 spiro atoms. The van der Waals surface area contributed by atoms with Gasteiger partial charge in [-0.25, -0.2) is 4.79 Å². The van der Waals surface area contributed by atoms with Crippen LogP contribution in [0.5, 0.6) is 11.5 Å². The molecule has 0 aromatic heterocycles. The molecule has 1 atom stereocenters. The van der Waals surface area contributed by atoms with Gasteiger partial charge in [-0.1, -0.05) is 6.07 Å². The Labute approximate surface area is 146 Å². The molecule has 7 nitrogen and oxygen atoms in total. The van der Waals surface area contributed by atoms with Gasteiger partial charge in [0.05, 0.1) is 12.5 Å². The first-order valence-electron chi connectivity index (χ1n) is 7.91. The third-order valence-electron chi connectivity index (χ3n) is 3.55. The first-order chi connectivity index (χ1) is 12.0. The summed E-state index contributed by atoms with van der Waals surface area (Å²) in [7, 11) is 1.56. The Kier molecular flexibility index (Phi) is 6.40. The number of hydrogen-bond donors (Lipinski definition) is 0. The molecule has 7 heteroatoms. The molecule has 132 valence electrons. The summed E-state index contributed by atoms with van der Waals surface area (Å²) in [5.41, 5.74) is 0.756. The molecule has 1 heterocycles. The molecule has 25 heavy (non-hydrogen) atoms. The van der Waals surface area contributed by atoms with Crippen molar-refractivity contribution in [3.63, 3.8) is 0 Å². The number of carbonyl (C=O) groups is 2. The van der Waals surface area contributed by atoms with Crippen molar-refractivity contribution >= 4 is 18.0 Å². The average molecular weight is 344 g/mol. The summed E-state index contributed by atoms with van der Waals surface area (Å²) < 4.78 is 16.0. The van der Waals surface area contributed by atoms with Gasteiger partial charge in [-0.05, 0) is 30.7 Å². The van der Waals surface area contributed by atoms with Crippen LogP contribution in [-0.2, 0) is 14.3 Å². The smallest absolute Gasteiger partial charge is 0.331 e. The predicted octanol–water partition coefficient (Wildman–Crippen LogP) is 1.77. The van der Waals surface area contributed by atoms with E-state index in [9.17, 15) is 9.59 Å². The van der Waals surface area contributed by atoms with E-state index in [0.29, 0.717) is 31.3 Å². The lowest BCUT2D eigenvalue weighted by Gasteiger charge is -2.20. The molecule has 0 bridgehead atoms. The molecule has 1 aromatic rings. The van der Waals surface area contributed by atoms with Gasteiger partial charge in [0.25, 0.3) is 5.91 Å². The fourth-order valence-corrected chi connectivity index (χ4v) is 2.23. The summed E-state index contributed by atoms with van der Waals surface area (Å²) in [5, 5.41) is 8.53. The minimum absolute atomic E-state index is 0.229. The number of nitrogens with zero attached hydrogens (tertiary/aromatic N) is 2. The van der Waals surface area contributed by atoms with Gasteiger partial charge in [0.15, 0.2) is 17.6 Å². The second-order valence-corrected chi connectivity index (χ2v) is 5.48. The minimum Gasteiger partial charge on any atom is -0.486 e. The highest BCUT2D eigenvalue weighted by Gasteiger charge is 2.20. The van der Waals surface area contributed by atoms with E-state index in [1.54, 1.807) is 31.3 Å². The van der Waals surface area contributed by atoms with Crippen LogP contribution >= 0.6 is 0 Å². The van der Waals surface area contributed by atoms with Crippen molar-refractivity contribution in [2.75, 3.05) is 26.8 Å². The van der Waals surface area contributed by atoms with Crippen LogP contribution in [0, 0.1) is 11.3 Å². The number of carbonyl (C=O) groups excluding carboxylic acids is 2. The van der Waals surface area contributed by atoms with Gasteiger partial charge in [0, 0.05) is 19.7 Å². The Morgan fingerprint density at radius 3 is 2.80 bits per heavy atom. The van der Waals surface area contributed by atoms with Crippen LogP contribution in [0.15, 0.2) is 24.3 Å². The zero-order chi connectivity index (χ0) is 18.2. The standard InChI is InChI=1S/C18H20N2O5/c1-13(18(22)20(2)9-3-8-19)25-17(21)7-5-14-4-6-15-16(12-14)24-11-10-23-15/h4-7,12-13H,3,9-11H2,1-2H3/b7-5+/t13-/m0/s1. The summed E-state index contributed by atoms with van der Waals surface area (Å²) in [5.74, 6) is 0.329. The van der Waals surface area contributed by atoms with Crippen LogP contribution in [0.4, 0.5) is 0 Å². The second kappa shape index (κ2) is 8.73. The molecule has 0 N–H and O–H groups in total. The maximum absolute atomic E-state index is 12.0. The monoisotopic (exact) mass is 344 g/mol. The van der Waals surface area contributed by atoms with E-state index in [1.165, 1.54) is 17.9 Å². The molecule has 1 aliphatic rings. The third-order valence-corrected chi connectivity index (χ3v) is 3.55. The van der Waals surface area contributed by atoms with Gasteiger partial charge in [0.2, 0.25) is 0 Å². The van der Waals surface area contributed by atoms with Crippen molar-refractivity contribution in [3.8, 4) is 17.6 Å². The van der Waals surface area contributed by atoms with Gasteiger partial charge in [-0.15, -0.1) is 0 Å². The van der Waals surface area contributed by atoms with E-state index in [0.717, 1.165) is 5.56 Å². The van der Waals surface area contributed by atoms with Crippen LogP contribution < -0.4 is 9.47 Å². The Morgan fingerprint density at radius 2 is 2.08 bits per heavy atom. The van der Waals surface area contributed by atoms with Crippen LogP contribution in [0.2, 0.25) is 0 Å². The van der Waals surface area contributed by atoms with Gasteiger partial charge in [0.1, 0.15) is 13.2 Å². The Bertz CT molecular complexity index is 708. The number of rotatable bonds is 6. The topological polar surface area (TPSA) is 88.9 Å². The average Bonchev–Trinajstić information content (AvgIpc) is 2.63. The summed E-state index contributed by atoms with van der Waals surface area (Å²) in [6.07, 6.45) is 2.15. The lowest BCUT2D eigenvalue weighted by Crippen LogP contribution is -2.37. The largest absolute Gasteiger partial charge is 0.486 e. The number of esters is 1. The number of benzene rings is 1. The molecule has 0 saturated carbocycles. The predicted molar refractivity (Wildman–Crippen MR) is 89.9 cm³/mol. The first kappa shape index (κ1) is 18.3. The minimum atomic E-state index is -0.916. The highest BCUT2D eigenvalue weighted by molar-refractivity contribution is 5.90. The zero-order valence-corrected chi connectivity index (χ0v) is 14.2. The van der Waals surface area contributed by atoms with Gasteiger partial charge in [-0.3, -0.25) is 4.79 Å². The number of likely N-dealkylation sites (N-methyl/N-ethyl adjacent to an activating group) is 1. The summed E-state index contributed by atoms with van der Waals surface area (Å²) in [6, 6.07) is 7.29. The van der Waals surface area contributed by atoms with E-state index >= 15 is 0 Å². The molecule has 0 unspecified atom stereocenters. The number of fused-ring (bicyclic) bond motifs is 1. The van der Waals surface area contributed by atoms with E-state index in [1.807, 2.05) is 6.07 Å². The molecular formula is C18H20N2O5. The SMILES string of the molecule is C[C@H](OC(=O)/C=C/c1ccc2c(c1)OCCO2)C(=O)N(C)CCC#N. The third kappa shape index (κ3) is 5.24. The molecule has 2 rings (SSSR count). The van der Waals surface area contributed by atoms with E-state index in [2.05, 4.69) is 0 Å². The van der Waals surface area contributed by atoms with Crippen molar-refractivity contribution in [1.29, 1.82) is 5.26 Å². The molecule has 0 aliphatic carbocycles. The quantitative estimate of drug-likeness (QED) is 0.577. The Morgan fingerprint density at radius 1 is 1.36 bits per heavy atom. The molecule has 1 amide bonds. The van der Waals surface area contributed by atoms with Crippen molar-refractivity contribution in [2.24, 2.45) is 0 Å². The number of hydrogen-bond acceptors (Lipinski definition) is 6. The van der Waals surface area contributed by atoms with Gasteiger partial charge < -0.3 is 19.1 Å².